The molecule has 29 heavy (non-hydrogen) atoms. The van der Waals surface area contributed by atoms with E-state index in [1.165, 1.54) is 19.3 Å². The van der Waals surface area contributed by atoms with Crippen molar-refractivity contribution in [3.05, 3.63) is 74.2 Å². The van der Waals surface area contributed by atoms with Gasteiger partial charge >= 0.3 is 0 Å². The number of hydrazone groups is 1. The van der Waals surface area contributed by atoms with Gasteiger partial charge in [-0.1, -0.05) is 24.3 Å². The Morgan fingerprint density at radius 2 is 1.93 bits per heavy atom. The number of aryl methyl sites for hydroxylation is 1. The van der Waals surface area contributed by atoms with Crippen LogP contribution in [0.5, 0.6) is 0 Å². The Balaban J connectivity index is 1.87. The van der Waals surface area contributed by atoms with Crippen molar-refractivity contribution in [2.75, 3.05) is 19.0 Å². The van der Waals surface area contributed by atoms with Gasteiger partial charge < -0.3 is 4.90 Å². The average Bonchev–Trinajstić information content (AvgIpc) is 2.70. The number of rotatable bonds is 5. The van der Waals surface area contributed by atoms with Crippen LogP contribution in [0.4, 0.5) is 11.4 Å². The maximum absolute atomic E-state index is 12.5. The number of nitrogens with zero attached hydrogens (tertiary/aromatic N) is 5. The highest BCUT2D eigenvalue weighted by atomic mass is 16.6. The number of aromatic nitrogens is 2. The maximum Gasteiger partial charge on any atom is 0.293 e. The molecule has 0 atom stereocenters. The van der Waals surface area contributed by atoms with Crippen molar-refractivity contribution < 1.29 is 9.72 Å². The Labute approximate surface area is 165 Å². The van der Waals surface area contributed by atoms with E-state index < -0.39 is 10.8 Å². The second-order valence-corrected chi connectivity index (χ2v) is 6.42. The molecule has 0 aliphatic carbocycles. The first-order chi connectivity index (χ1) is 13.8. The first kappa shape index (κ1) is 19.7. The minimum Gasteiger partial charge on any atom is -0.372 e. The zero-order valence-electron chi connectivity index (χ0n) is 16.0. The van der Waals surface area contributed by atoms with Crippen LogP contribution in [-0.4, -0.2) is 40.9 Å². The Morgan fingerprint density at radius 1 is 1.24 bits per heavy atom. The molecule has 0 bridgehead atoms. The van der Waals surface area contributed by atoms with Gasteiger partial charge in [0.1, 0.15) is 5.69 Å². The molecule has 148 valence electrons. The van der Waals surface area contributed by atoms with Crippen LogP contribution in [0.25, 0.3) is 10.8 Å². The van der Waals surface area contributed by atoms with E-state index >= 15 is 0 Å². The Kier molecular flexibility index (Phi) is 5.35. The topological polar surface area (TPSA) is 123 Å². The van der Waals surface area contributed by atoms with Crippen LogP contribution in [0.15, 0.2) is 52.4 Å². The summed E-state index contributed by atoms with van der Waals surface area (Å²) in [6.07, 6.45) is 1.30. The highest BCUT2D eigenvalue weighted by molar-refractivity contribution is 6.05. The molecule has 3 rings (SSSR count). The number of carbonyl (C=O) groups is 1. The standard InChI is InChI=1S/C19H18N6O4/c1-23(2)15-9-8-12(10-16(15)25(28)29)11-20-21-18(26)17-13-6-4-5-7-14(13)19(27)24(3)22-17/h4-11H,1-3H3,(H,21,26)/b20-11-. The third-order valence-electron chi connectivity index (χ3n) is 4.23. The van der Waals surface area contributed by atoms with E-state index in [9.17, 15) is 19.7 Å². The van der Waals surface area contributed by atoms with Gasteiger partial charge in [-0.15, -0.1) is 0 Å². The number of benzene rings is 2. The molecule has 1 heterocycles. The van der Waals surface area contributed by atoms with E-state index in [-0.39, 0.29) is 16.9 Å². The second-order valence-electron chi connectivity index (χ2n) is 6.42. The lowest BCUT2D eigenvalue weighted by Gasteiger charge is -2.12. The molecule has 0 spiro atoms. The van der Waals surface area contributed by atoms with Crippen molar-refractivity contribution in [2.24, 2.45) is 12.1 Å². The number of amides is 1. The van der Waals surface area contributed by atoms with Crippen molar-refractivity contribution >= 4 is 34.3 Å². The van der Waals surface area contributed by atoms with E-state index in [0.717, 1.165) is 4.68 Å². The minimum atomic E-state index is -0.604. The molecule has 0 aliphatic rings. The van der Waals surface area contributed by atoms with Crippen LogP contribution in [0, 0.1) is 10.1 Å². The first-order valence-corrected chi connectivity index (χ1v) is 8.55. The van der Waals surface area contributed by atoms with Gasteiger partial charge in [-0.2, -0.15) is 10.2 Å². The molecule has 1 N–H and O–H groups in total. The van der Waals surface area contributed by atoms with Gasteiger partial charge in [0.25, 0.3) is 17.2 Å². The largest absolute Gasteiger partial charge is 0.372 e. The van der Waals surface area contributed by atoms with Crippen molar-refractivity contribution in [2.45, 2.75) is 0 Å². The summed E-state index contributed by atoms with van der Waals surface area (Å²) < 4.78 is 1.09. The van der Waals surface area contributed by atoms with Crippen molar-refractivity contribution in [3.63, 3.8) is 0 Å². The molecule has 3 aromatic rings. The fourth-order valence-corrected chi connectivity index (χ4v) is 2.83. The number of nitro groups is 1. The third kappa shape index (κ3) is 3.95. The second kappa shape index (κ2) is 7.89. The summed E-state index contributed by atoms with van der Waals surface area (Å²) >= 11 is 0. The highest BCUT2D eigenvalue weighted by Gasteiger charge is 2.16. The molecule has 0 unspecified atom stereocenters. The molecule has 1 aromatic heterocycles. The van der Waals surface area contributed by atoms with Gasteiger partial charge in [-0.25, -0.2) is 10.1 Å². The summed E-state index contributed by atoms with van der Waals surface area (Å²) in [7, 11) is 4.88. The summed E-state index contributed by atoms with van der Waals surface area (Å²) in [5, 5.41) is 19.9. The predicted octanol–water partition coefficient (Wildman–Crippen LogP) is 1.67. The molecule has 0 saturated carbocycles. The molecular formula is C19H18N6O4. The number of anilines is 1. The number of carbonyl (C=O) groups excluding carboxylic acids is 1. The zero-order chi connectivity index (χ0) is 21.1. The summed E-state index contributed by atoms with van der Waals surface area (Å²) in [6.45, 7) is 0. The summed E-state index contributed by atoms with van der Waals surface area (Å²) in [6, 6.07) is 11.3. The number of nitro benzene ring substituents is 1. The summed E-state index contributed by atoms with van der Waals surface area (Å²) in [4.78, 5) is 37.1. The van der Waals surface area contributed by atoms with E-state index in [0.29, 0.717) is 22.0 Å². The first-order valence-electron chi connectivity index (χ1n) is 8.55. The van der Waals surface area contributed by atoms with Crippen LogP contribution in [0.3, 0.4) is 0 Å². The number of fused-ring (bicyclic) bond motifs is 1. The monoisotopic (exact) mass is 394 g/mol. The quantitative estimate of drug-likeness (QED) is 0.399. The average molecular weight is 394 g/mol. The lowest BCUT2D eigenvalue weighted by atomic mass is 10.1. The van der Waals surface area contributed by atoms with Crippen molar-refractivity contribution in [3.8, 4) is 0 Å². The van der Waals surface area contributed by atoms with Crippen molar-refractivity contribution in [1.29, 1.82) is 0 Å². The molecule has 0 radical (unpaired) electrons. The maximum atomic E-state index is 12.5. The number of hydrogen-bond donors (Lipinski definition) is 1. The van der Waals surface area contributed by atoms with Gasteiger partial charge in [-0.05, 0) is 12.1 Å². The molecule has 1 amide bonds. The molecule has 0 saturated heterocycles. The lowest BCUT2D eigenvalue weighted by Crippen LogP contribution is -2.27. The summed E-state index contributed by atoms with van der Waals surface area (Å²) in [5.74, 6) is -0.604. The Morgan fingerprint density at radius 3 is 2.59 bits per heavy atom. The molecule has 2 aromatic carbocycles. The number of nitrogens with one attached hydrogen (secondary N) is 1. The van der Waals surface area contributed by atoms with Crippen molar-refractivity contribution in [1.82, 2.24) is 15.2 Å². The van der Waals surface area contributed by atoms with Crippen LogP contribution in [-0.2, 0) is 7.05 Å². The molecular weight excluding hydrogens is 376 g/mol. The molecule has 0 fully saturated rings. The fourth-order valence-electron chi connectivity index (χ4n) is 2.83. The molecule has 10 nitrogen and oxygen atoms in total. The SMILES string of the molecule is CN(C)c1ccc(/C=N\NC(=O)c2nn(C)c(=O)c3ccccc23)cc1[N+](=O)[O-]. The van der Waals surface area contributed by atoms with E-state index in [4.69, 9.17) is 0 Å². The summed E-state index contributed by atoms with van der Waals surface area (Å²) in [5.41, 5.74) is 2.91. The van der Waals surface area contributed by atoms with Gasteiger partial charge in [-0.3, -0.25) is 19.7 Å². The predicted molar refractivity (Wildman–Crippen MR) is 109 cm³/mol. The Bertz CT molecular complexity index is 1200. The fraction of sp³-hybridized carbons (Fsp3) is 0.158. The normalized spacial score (nSPS) is 11.0. The Hall–Kier alpha value is -4.08. The minimum absolute atomic E-state index is 0.0498. The van der Waals surface area contributed by atoms with E-state index in [2.05, 4.69) is 15.6 Å². The van der Waals surface area contributed by atoms with E-state index in [1.807, 2.05) is 0 Å². The van der Waals surface area contributed by atoms with Crippen LogP contribution in [0.2, 0.25) is 0 Å². The van der Waals surface area contributed by atoms with Gasteiger partial charge in [0.05, 0.1) is 16.5 Å². The van der Waals surface area contributed by atoms with Gasteiger partial charge in [0.15, 0.2) is 5.69 Å². The third-order valence-corrected chi connectivity index (χ3v) is 4.23. The van der Waals surface area contributed by atoms with E-state index in [1.54, 1.807) is 55.4 Å². The van der Waals surface area contributed by atoms with Crippen LogP contribution in [0.1, 0.15) is 16.1 Å². The smallest absolute Gasteiger partial charge is 0.293 e. The highest BCUT2D eigenvalue weighted by Crippen LogP contribution is 2.27. The van der Waals surface area contributed by atoms with Gasteiger partial charge in [0, 0.05) is 38.2 Å². The zero-order valence-corrected chi connectivity index (χ0v) is 16.0. The molecule has 0 aliphatic heterocycles. The van der Waals surface area contributed by atoms with Crippen LogP contribution < -0.4 is 15.9 Å². The molecule has 10 heteroatoms. The van der Waals surface area contributed by atoms with Gasteiger partial charge in [0.2, 0.25) is 0 Å². The lowest BCUT2D eigenvalue weighted by molar-refractivity contribution is -0.384. The van der Waals surface area contributed by atoms with Crippen LogP contribution >= 0.6 is 0 Å². The number of hydrogen-bond acceptors (Lipinski definition) is 7.